The first kappa shape index (κ1) is 19.6. The molecule has 0 aliphatic heterocycles. The molecule has 4 rings (SSSR count). The number of fused-ring (bicyclic) bond motifs is 1. The maximum Gasteiger partial charge on any atom is 0.277 e. The zero-order chi connectivity index (χ0) is 21.3. The number of carbonyl (C=O) groups is 2. The van der Waals surface area contributed by atoms with Gasteiger partial charge in [0.2, 0.25) is 5.91 Å². The normalized spacial score (nSPS) is 10.9. The van der Waals surface area contributed by atoms with E-state index in [-0.39, 0.29) is 23.8 Å². The van der Waals surface area contributed by atoms with Crippen molar-refractivity contribution in [1.82, 2.24) is 14.2 Å². The largest absolute Gasteiger partial charge is 0.325 e. The molecule has 1 N–H and O–H groups in total. The van der Waals surface area contributed by atoms with Gasteiger partial charge in [0.05, 0.1) is 5.69 Å². The summed E-state index contributed by atoms with van der Waals surface area (Å²) < 4.78 is 2.80. The van der Waals surface area contributed by atoms with Crippen molar-refractivity contribution in [3.63, 3.8) is 0 Å². The van der Waals surface area contributed by atoms with E-state index in [4.69, 9.17) is 11.6 Å². The number of aromatic nitrogens is 3. The highest BCUT2D eigenvalue weighted by molar-refractivity contribution is 6.30. The smallest absolute Gasteiger partial charge is 0.277 e. The quantitative estimate of drug-likeness (QED) is 0.499. The molecule has 8 heteroatoms. The number of Topliss-reactive ketones (excluding diaryl/α,β-unsaturated/α-hetero) is 1. The van der Waals surface area contributed by atoms with Crippen LogP contribution >= 0.6 is 11.6 Å². The van der Waals surface area contributed by atoms with Crippen LogP contribution < -0.4 is 10.9 Å². The summed E-state index contributed by atoms with van der Waals surface area (Å²) in [5.41, 5.74) is 2.48. The second-order valence-corrected chi connectivity index (χ2v) is 7.22. The number of hydrogen-bond acceptors (Lipinski definition) is 4. The lowest BCUT2D eigenvalue weighted by atomic mass is 10.1. The molecule has 0 fully saturated rings. The third-order valence-electron chi connectivity index (χ3n) is 4.61. The SMILES string of the molecule is CC(=O)c1cccc(NC(=O)Cn2ccn3nc(-c4ccc(Cl)cc4)cc3c2=O)c1. The number of amides is 1. The number of anilines is 1. The number of rotatable bonds is 5. The summed E-state index contributed by atoms with van der Waals surface area (Å²) in [7, 11) is 0. The molecule has 150 valence electrons. The third kappa shape index (κ3) is 4.01. The van der Waals surface area contributed by atoms with Crippen LogP contribution in [-0.4, -0.2) is 25.9 Å². The van der Waals surface area contributed by atoms with Gasteiger partial charge in [0.1, 0.15) is 12.1 Å². The van der Waals surface area contributed by atoms with E-state index in [1.807, 2.05) is 12.1 Å². The molecule has 1 amide bonds. The highest BCUT2D eigenvalue weighted by atomic mass is 35.5. The van der Waals surface area contributed by atoms with E-state index in [0.717, 1.165) is 5.56 Å². The van der Waals surface area contributed by atoms with Crippen LogP contribution in [0.3, 0.4) is 0 Å². The van der Waals surface area contributed by atoms with Gasteiger partial charge in [-0.1, -0.05) is 35.9 Å². The van der Waals surface area contributed by atoms with Crippen LogP contribution in [-0.2, 0) is 11.3 Å². The Labute approximate surface area is 176 Å². The van der Waals surface area contributed by atoms with Crippen LogP contribution in [0.1, 0.15) is 17.3 Å². The van der Waals surface area contributed by atoms with Gasteiger partial charge in [0, 0.05) is 34.2 Å². The fourth-order valence-corrected chi connectivity index (χ4v) is 3.21. The summed E-state index contributed by atoms with van der Waals surface area (Å²) in [6.45, 7) is 1.29. The zero-order valence-electron chi connectivity index (χ0n) is 16.0. The fourth-order valence-electron chi connectivity index (χ4n) is 3.08. The zero-order valence-corrected chi connectivity index (χ0v) is 16.8. The number of carbonyl (C=O) groups excluding carboxylic acids is 2. The van der Waals surface area contributed by atoms with Crippen molar-refractivity contribution in [1.29, 1.82) is 0 Å². The molecule has 4 aromatic rings. The van der Waals surface area contributed by atoms with Crippen molar-refractivity contribution in [2.45, 2.75) is 13.5 Å². The number of hydrogen-bond donors (Lipinski definition) is 1. The molecule has 0 aliphatic carbocycles. The van der Waals surface area contributed by atoms with E-state index in [1.165, 1.54) is 22.2 Å². The van der Waals surface area contributed by atoms with Gasteiger partial charge in [-0.3, -0.25) is 14.4 Å². The molecular formula is C22H17ClN4O3. The molecule has 0 atom stereocenters. The molecule has 0 bridgehead atoms. The van der Waals surface area contributed by atoms with E-state index >= 15 is 0 Å². The van der Waals surface area contributed by atoms with Crippen LogP contribution in [0.5, 0.6) is 0 Å². The monoisotopic (exact) mass is 420 g/mol. The summed E-state index contributed by atoms with van der Waals surface area (Å²) in [4.78, 5) is 36.7. The van der Waals surface area contributed by atoms with Gasteiger partial charge in [0.15, 0.2) is 5.78 Å². The molecule has 0 spiro atoms. The Morgan fingerprint density at radius 2 is 1.83 bits per heavy atom. The van der Waals surface area contributed by atoms with E-state index in [0.29, 0.717) is 27.5 Å². The summed E-state index contributed by atoms with van der Waals surface area (Å²) >= 11 is 5.92. The minimum atomic E-state index is -0.375. The van der Waals surface area contributed by atoms with Gasteiger partial charge in [-0.2, -0.15) is 5.10 Å². The van der Waals surface area contributed by atoms with Gasteiger partial charge in [-0.25, -0.2) is 4.52 Å². The molecule has 0 unspecified atom stereocenters. The minimum Gasteiger partial charge on any atom is -0.325 e. The molecule has 0 saturated carbocycles. The Morgan fingerprint density at radius 3 is 2.57 bits per heavy atom. The van der Waals surface area contributed by atoms with Crippen molar-refractivity contribution in [2.24, 2.45) is 0 Å². The average Bonchev–Trinajstić information content (AvgIpc) is 3.16. The van der Waals surface area contributed by atoms with Gasteiger partial charge in [0.25, 0.3) is 5.56 Å². The second kappa shape index (κ2) is 7.96. The molecular weight excluding hydrogens is 404 g/mol. The van der Waals surface area contributed by atoms with Gasteiger partial charge in [-0.15, -0.1) is 0 Å². The van der Waals surface area contributed by atoms with Crippen LogP contribution in [0.2, 0.25) is 5.02 Å². The molecule has 2 aromatic heterocycles. The molecule has 2 heterocycles. The molecule has 0 saturated heterocycles. The van der Waals surface area contributed by atoms with Crippen molar-refractivity contribution >= 4 is 34.5 Å². The molecule has 0 aliphatic rings. The van der Waals surface area contributed by atoms with Crippen molar-refractivity contribution < 1.29 is 9.59 Å². The van der Waals surface area contributed by atoms with Crippen LogP contribution in [0.4, 0.5) is 5.69 Å². The first-order valence-electron chi connectivity index (χ1n) is 9.16. The highest BCUT2D eigenvalue weighted by Gasteiger charge is 2.12. The van der Waals surface area contributed by atoms with Gasteiger partial charge >= 0.3 is 0 Å². The number of ketones is 1. The molecule has 2 aromatic carbocycles. The summed E-state index contributed by atoms with van der Waals surface area (Å²) in [6.07, 6.45) is 3.14. The second-order valence-electron chi connectivity index (χ2n) is 6.78. The van der Waals surface area contributed by atoms with Crippen molar-refractivity contribution in [3.05, 3.63) is 87.9 Å². The Hall–Kier alpha value is -3.71. The first-order valence-corrected chi connectivity index (χ1v) is 9.54. The van der Waals surface area contributed by atoms with Crippen molar-refractivity contribution in [3.8, 4) is 11.3 Å². The average molecular weight is 421 g/mol. The number of halogens is 1. The number of benzene rings is 2. The summed E-state index contributed by atoms with van der Waals surface area (Å²) in [5.74, 6) is -0.468. The maximum absolute atomic E-state index is 12.8. The molecule has 30 heavy (non-hydrogen) atoms. The lowest BCUT2D eigenvalue weighted by Crippen LogP contribution is -2.28. The Balaban J connectivity index is 1.57. The Morgan fingerprint density at radius 1 is 1.07 bits per heavy atom. The van der Waals surface area contributed by atoms with Gasteiger partial charge in [-0.05, 0) is 37.3 Å². The van der Waals surface area contributed by atoms with Crippen molar-refractivity contribution in [2.75, 3.05) is 5.32 Å². The summed E-state index contributed by atoms with van der Waals surface area (Å²) in [5, 5.41) is 7.74. The van der Waals surface area contributed by atoms with Gasteiger partial charge < -0.3 is 9.88 Å². The molecule has 7 nitrogen and oxygen atoms in total. The van der Waals surface area contributed by atoms with E-state index in [1.54, 1.807) is 48.7 Å². The van der Waals surface area contributed by atoms with Crippen LogP contribution in [0.25, 0.3) is 16.8 Å². The predicted octanol–water partition coefficient (Wildman–Crippen LogP) is 3.66. The van der Waals surface area contributed by atoms with E-state index in [2.05, 4.69) is 10.4 Å². The summed E-state index contributed by atoms with van der Waals surface area (Å²) in [6, 6.07) is 15.5. The lowest BCUT2D eigenvalue weighted by molar-refractivity contribution is -0.116. The minimum absolute atomic E-state index is 0.0926. The predicted molar refractivity (Wildman–Crippen MR) is 115 cm³/mol. The molecule has 0 radical (unpaired) electrons. The maximum atomic E-state index is 12.8. The highest BCUT2D eigenvalue weighted by Crippen LogP contribution is 2.20. The standard InChI is InChI=1S/C22H17ClN4O3/c1-14(28)16-3-2-4-18(11-16)24-21(29)13-26-9-10-27-20(22(26)30)12-19(25-27)15-5-7-17(23)8-6-15/h2-12H,13H2,1H3,(H,24,29). The lowest BCUT2D eigenvalue weighted by Gasteiger charge is -2.08. The number of nitrogens with zero attached hydrogens (tertiary/aromatic N) is 3. The van der Waals surface area contributed by atoms with E-state index in [9.17, 15) is 14.4 Å². The number of nitrogens with one attached hydrogen (secondary N) is 1. The van der Waals surface area contributed by atoms with E-state index < -0.39 is 0 Å². The Kier molecular flexibility index (Phi) is 5.20. The topological polar surface area (TPSA) is 85.5 Å². The van der Waals surface area contributed by atoms with Crippen LogP contribution in [0.15, 0.2) is 71.8 Å². The van der Waals surface area contributed by atoms with Crippen LogP contribution in [0, 0.1) is 0 Å². The fraction of sp³-hybridized carbons (Fsp3) is 0.0909. The Bertz CT molecular complexity index is 1320. The third-order valence-corrected chi connectivity index (χ3v) is 4.86. The first-order chi connectivity index (χ1) is 14.4.